The number of likely N-dealkylation sites (tertiary alicyclic amines) is 1. The standard InChI is InChI=1S/C16H21NO4/c1-3-21-13-8-6-12(7-9-13)14(18)17-11-5-4-10-16(17,2)15(19)20/h6-9H,3-5,10-11H2,1-2H3,(H,19,20). The van der Waals surface area contributed by atoms with E-state index in [-0.39, 0.29) is 5.91 Å². The minimum absolute atomic E-state index is 0.234. The molecule has 1 fully saturated rings. The van der Waals surface area contributed by atoms with Crippen molar-refractivity contribution in [3.8, 4) is 5.75 Å². The summed E-state index contributed by atoms with van der Waals surface area (Å²) in [6.45, 7) is 4.57. The SMILES string of the molecule is CCOc1ccc(C(=O)N2CCCCC2(C)C(=O)O)cc1. The lowest BCUT2D eigenvalue weighted by Crippen LogP contribution is -2.57. The summed E-state index contributed by atoms with van der Waals surface area (Å²) >= 11 is 0. The Balaban J connectivity index is 2.22. The second-order valence-electron chi connectivity index (χ2n) is 5.45. The van der Waals surface area contributed by atoms with Gasteiger partial charge in [0.2, 0.25) is 0 Å². The van der Waals surface area contributed by atoms with Crippen LogP contribution >= 0.6 is 0 Å². The van der Waals surface area contributed by atoms with Crippen molar-refractivity contribution in [2.45, 2.75) is 38.6 Å². The Morgan fingerprint density at radius 1 is 1.29 bits per heavy atom. The third kappa shape index (κ3) is 3.01. The van der Waals surface area contributed by atoms with Crippen molar-refractivity contribution in [2.75, 3.05) is 13.2 Å². The highest BCUT2D eigenvalue weighted by molar-refractivity contribution is 5.98. The fourth-order valence-corrected chi connectivity index (χ4v) is 2.69. The van der Waals surface area contributed by atoms with E-state index in [1.165, 1.54) is 4.90 Å². The molecule has 21 heavy (non-hydrogen) atoms. The number of carbonyl (C=O) groups is 2. The first-order valence-electron chi connectivity index (χ1n) is 7.27. The van der Waals surface area contributed by atoms with Gasteiger partial charge in [0.25, 0.3) is 5.91 Å². The Hall–Kier alpha value is -2.04. The molecule has 114 valence electrons. The van der Waals surface area contributed by atoms with Gasteiger partial charge >= 0.3 is 5.97 Å². The lowest BCUT2D eigenvalue weighted by atomic mass is 9.88. The Kier molecular flexibility index (Phi) is 4.50. The van der Waals surface area contributed by atoms with Crippen molar-refractivity contribution in [1.29, 1.82) is 0 Å². The summed E-state index contributed by atoms with van der Waals surface area (Å²) in [5.74, 6) is -0.474. The Bertz CT molecular complexity index is 526. The molecule has 5 heteroatoms. The van der Waals surface area contributed by atoms with Crippen LogP contribution in [0.1, 0.15) is 43.5 Å². The maximum atomic E-state index is 12.6. The number of carboxylic acid groups (broad SMARTS) is 1. The van der Waals surface area contributed by atoms with Gasteiger partial charge in [-0.2, -0.15) is 0 Å². The van der Waals surface area contributed by atoms with Crippen LogP contribution in [0.4, 0.5) is 0 Å². The molecule has 0 saturated carbocycles. The van der Waals surface area contributed by atoms with E-state index in [9.17, 15) is 14.7 Å². The molecule has 0 radical (unpaired) electrons. The van der Waals surface area contributed by atoms with Crippen molar-refractivity contribution in [1.82, 2.24) is 4.90 Å². The average molecular weight is 291 g/mol. The molecule has 1 aromatic rings. The number of rotatable bonds is 4. The van der Waals surface area contributed by atoms with Crippen LogP contribution in [0.15, 0.2) is 24.3 Å². The lowest BCUT2D eigenvalue weighted by molar-refractivity contribution is -0.150. The third-order valence-corrected chi connectivity index (χ3v) is 4.01. The second-order valence-corrected chi connectivity index (χ2v) is 5.45. The summed E-state index contributed by atoms with van der Waals surface area (Å²) in [5, 5.41) is 9.46. The van der Waals surface area contributed by atoms with Crippen LogP contribution in [0.5, 0.6) is 5.75 Å². The number of hydrogen-bond acceptors (Lipinski definition) is 3. The summed E-state index contributed by atoms with van der Waals surface area (Å²) in [6.07, 6.45) is 2.16. The average Bonchev–Trinajstić information content (AvgIpc) is 2.48. The van der Waals surface area contributed by atoms with Crippen LogP contribution in [0.2, 0.25) is 0 Å². The number of ether oxygens (including phenoxy) is 1. The summed E-state index contributed by atoms with van der Waals surface area (Å²) < 4.78 is 5.35. The van der Waals surface area contributed by atoms with Crippen molar-refractivity contribution in [2.24, 2.45) is 0 Å². The smallest absolute Gasteiger partial charge is 0.329 e. The van der Waals surface area contributed by atoms with Crippen LogP contribution in [-0.4, -0.2) is 40.6 Å². The maximum Gasteiger partial charge on any atom is 0.329 e. The molecule has 1 atom stereocenters. The van der Waals surface area contributed by atoms with E-state index in [4.69, 9.17) is 4.74 Å². The van der Waals surface area contributed by atoms with E-state index in [0.29, 0.717) is 30.9 Å². The third-order valence-electron chi connectivity index (χ3n) is 4.01. The van der Waals surface area contributed by atoms with Crippen LogP contribution in [0.3, 0.4) is 0 Å². The number of hydrogen-bond donors (Lipinski definition) is 1. The normalized spacial score (nSPS) is 21.9. The van der Waals surface area contributed by atoms with E-state index < -0.39 is 11.5 Å². The zero-order valence-corrected chi connectivity index (χ0v) is 12.5. The Morgan fingerprint density at radius 3 is 2.52 bits per heavy atom. The Morgan fingerprint density at radius 2 is 1.95 bits per heavy atom. The van der Waals surface area contributed by atoms with Crippen molar-refractivity contribution in [3.63, 3.8) is 0 Å². The van der Waals surface area contributed by atoms with Crippen molar-refractivity contribution < 1.29 is 19.4 Å². The minimum Gasteiger partial charge on any atom is -0.494 e. The summed E-state index contributed by atoms with van der Waals surface area (Å²) in [4.78, 5) is 25.6. The molecule has 0 aliphatic carbocycles. The zero-order chi connectivity index (χ0) is 15.5. The fraction of sp³-hybridized carbons (Fsp3) is 0.500. The molecule has 1 aliphatic heterocycles. The van der Waals surface area contributed by atoms with Gasteiger partial charge in [0, 0.05) is 12.1 Å². The molecule has 1 saturated heterocycles. The molecule has 0 spiro atoms. The number of nitrogens with zero attached hydrogens (tertiary/aromatic N) is 1. The van der Waals surface area contributed by atoms with Gasteiger partial charge in [0.1, 0.15) is 11.3 Å². The summed E-state index contributed by atoms with van der Waals surface area (Å²) in [7, 11) is 0. The van der Waals surface area contributed by atoms with E-state index in [2.05, 4.69) is 0 Å². The van der Waals surface area contributed by atoms with Gasteiger partial charge in [-0.25, -0.2) is 4.79 Å². The molecule has 5 nitrogen and oxygen atoms in total. The first kappa shape index (κ1) is 15.4. The van der Waals surface area contributed by atoms with E-state index >= 15 is 0 Å². The second kappa shape index (κ2) is 6.16. The van der Waals surface area contributed by atoms with Gasteiger partial charge in [-0.15, -0.1) is 0 Å². The largest absolute Gasteiger partial charge is 0.494 e. The van der Waals surface area contributed by atoms with Gasteiger partial charge in [-0.1, -0.05) is 0 Å². The number of amides is 1. The van der Waals surface area contributed by atoms with E-state index in [1.54, 1.807) is 31.2 Å². The topological polar surface area (TPSA) is 66.8 Å². The van der Waals surface area contributed by atoms with Gasteiger partial charge in [-0.3, -0.25) is 4.79 Å². The fourth-order valence-electron chi connectivity index (χ4n) is 2.69. The maximum absolute atomic E-state index is 12.6. The predicted octanol–water partition coefficient (Wildman–Crippen LogP) is 2.55. The molecule has 0 bridgehead atoms. The first-order valence-corrected chi connectivity index (χ1v) is 7.27. The molecular weight excluding hydrogens is 270 g/mol. The predicted molar refractivity (Wildman–Crippen MR) is 78.5 cm³/mol. The molecule has 1 aromatic carbocycles. The number of piperidine rings is 1. The van der Waals surface area contributed by atoms with Gasteiger partial charge in [0.15, 0.2) is 0 Å². The highest BCUT2D eigenvalue weighted by Gasteiger charge is 2.44. The molecule has 1 N–H and O–H groups in total. The highest BCUT2D eigenvalue weighted by Crippen LogP contribution is 2.30. The number of benzene rings is 1. The van der Waals surface area contributed by atoms with Gasteiger partial charge < -0.3 is 14.7 Å². The molecule has 1 unspecified atom stereocenters. The van der Waals surface area contributed by atoms with Crippen molar-refractivity contribution >= 4 is 11.9 Å². The molecule has 2 rings (SSSR count). The van der Waals surface area contributed by atoms with Crippen molar-refractivity contribution in [3.05, 3.63) is 29.8 Å². The molecular formula is C16H21NO4. The number of carbonyl (C=O) groups excluding carboxylic acids is 1. The van der Waals surface area contributed by atoms with Crippen LogP contribution in [0, 0.1) is 0 Å². The number of carboxylic acids is 1. The molecule has 1 heterocycles. The summed E-state index contributed by atoms with van der Waals surface area (Å²) in [5.41, 5.74) is -0.624. The molecule has 1 aliphatic rings. The lowest BCUT2D eigenvalue weighted by Gasteiger charge is -2.41. The zero-order valence-electron chi connectivity index (χ0n) is 12.5. The molecule has 1 amide bonds. The van der Waals surface area contributed by atoms with Crippen LogP contribution < -0.4 is 4.74 Å². The highest BCUT2D eigenvalue weighted by atomic mass is 16.5. The molecule has 0 aromatic heterocycles. The quantitative estimate of drug-likeness (QED) is 0.925. The first-order chi connectivity index (χ1) is 9.99. The van der Waals surface area contributed by atoms with E-state index in [0.717, 1.165) is 12.8 Å². The van der Waals surface area contributed by atoms with Gasteiger partial charge in [-0.05, 0) is 57.4 Å². The Labute approximate surface area is 124 Å². The monoisotopic (exact) mass is 291 g/mol. The van der Waals surface area contributed by atoms with E-state index in [1.807, 2.05) is 6.92 Å². The van der Waals surface area contributed by atoms with Crippen LogP contribution in [0.25, 0.3) is 0 Å². The minimum atomic E-state index is -1.12. The summed E-state index contributed by atoms with van der Waals surface area (Å²) in [6, 6.07) is 6.84. The van der Waals surface area contributed by atoms with Crippen LogP contribution in [-0.2, 0) is 4.79 Å². The number of aliphatic carboxylic acids is 1. The van der Waals surface area contributed by atoms with Gasteiger partial charge in [0.05, 0.1) is 6.61 Å².